The number of methoxy groups -OCH3 is 1. The summed E-state index contributed by atoms with van der Waals surface area (Å²) in [7, 11) is 1.60. The third-order valence-electron chi connectivity index (χ3n) is 5.04. The highest BCUT2D eigenvalue weighted by Gasteiger charge is 2.23. The van der Waals surface area contributed by atoms with E-state index >= 15 is 0 Å². The first-order valence-electron chi connectivity index (χ1n) is 10.6. The summed E-state index contributed by atoms with van der Waals surface area (Å²) in [6, 6.07) is 14.0. The van der Waals surface area contributed by atoms with Gasteiger partial charge in [-0.25, -0.2) is 4.99 Å². The molecule has 2 aromatic carbocycles. The van der Waals surface area contributed by atoms with Crippen LogP contribution in [0.3, 0.4) is 0 Å². The Labute approximate surface area is 189 Å². The molecule has 7 nitrogen and oxygen atoms in total. The number of nitrogens with one attached hydrogen (secondary N) is 2. The van der Waals surface area contributed by atoms with Gasteiger partial charge in [0.2, 0.25) is 0 Å². The number of hydrogen-bond acceptors (Lipinski definition) is 5. The summed E-state index contributed by atoms with van der Waals surface area (Å²) in [5.74, 6) is 2.04. The Kier molecular flexibility index (Phi) is 8.67. The van der Waals surface area contributed by atoms with Gasteiger partial charge >= 0.3 is 0 Å². The normalized spacial score (nSPS) is 16.3. The molecule has 0 aromatic heterocycles. The number of aliphatic imine (C=N–C) groups is 1. The van der Waals surface area contributed by atoms with Crippen LogP contribution in [-0.4, -0.2) is 57.1 Å². The van der Waals surface area contributed by atoms with Crippen molar-refractivity contribution in [2.75, 3.05) is 44.9 Å². The highest BCUT2D eigenvalue weighted by Crippen LogP contribution is 2.28. The van der Waals surface area contributed by atoms with Gasteiger partial charge in [0.1, 0.15) is 6.61 Å². The summed E-state index contributed by atoms with van der Waals surface area (Å²) < 4.78 is 10.9. The molecule has 1 heterocycles. The first-order chi connectivity index (χ1) is 15.1. The molecule has 1 aliphatic heterocycles. The van der Waals surface area contributed by atoms with Crippen molar-refractivity contribution in [3.05, 3.63) is 53.1 Å². The zero-order chi connectivity index (χ0) is 22.1. The van der Waals surface area contributed by atoms with Gasteiger partial charge in [0.05, 0.1) is 20.3 Å². The van der Waals surface area contributed by atoms with Gasteiger partial charge in [-0.15, -0.1) is 0 Å². The lowest BCUT2D eigenvalue weighted by atomic mass is 10.2. The second-order valence-electron chi connectivity index (χ2n) is 7.31. The van der Waals surface area contributed by atoms with Gasteiger partial charge in [0.15, 0.2) is 17.5 Å². The van der Waals surface area contributed by atoms with Crippen molar-refractivity contribution in [2.24, 2.45) is 4.99 Å². The van der Waals surface area contributed by atoms with Crippen LogP contribution in [0.5, 0.6) is 11.5 Å². The molecule has 3 rings (SSSR count). The molecule has 0 radical (unpaired) electrons. The minimum absolute atomic E-state index is 0.0389. The molecule has 1 unspecified atom stereocenters. The fraction of sp³-hybridized carbons (Fsp3) is 0.435. The Balaban J connectivity index is 1.61. The van der Waals surface area contributed by atoms with Crippen molar-refractivity contribution in [2.45, 2.75) is 25.9 Å². The largest absolute Gasteiger partial charge is 0.493 e. The maximum Gasteiger partial charge on any atom is 0.191 e. The molecule has 8 heteroatoms. The van der Waals surface area contributed by atoms with E-state index in [0.29, 0.717) is 24.1 Å². The van der Waals surface area contributed by atoms with E-state index in [2.05, 4.69) is 28.5 Å². The minimum Gasteiger partial charge on any atom is -0.493 e. The van der Waals surface area contributed by atoms with Crippen molar-refractivity contribution in [3.8, 4) is 11.5 Å². The van der Waals surface area contributed by atoms with Gasteiger partial charge in [0, 0.05) is 36.4 Å². The van der Waals surface area contributed by atoms with E-state index in [0.717, 1.165) is 48.3 Å². The third kappa shape index (κ3) is 6.67. The first kappa shape index (κ1) is 23.0. The van der Waals surface area contributed by atoms with Crippen LogP contribution in [0.25, 0.3) is 0 Å². The Bertz CT molecular complexity index is 878. The van der Waals surface area contributed by atoms with E-state index in [9.17, 15) is 0 Å². The number of benzene rings is 2. The van der Waals surface area contributed by atoms with Crippen molar-refractivity contribution >= 4 is 23.2 Å². The molecule has 1 fully saturated rings. The number of hydrogen-bond donors (Lipinski definition) is 3. The Hall–Kier alpha value is -2.64. The van der Waals surface area contributed by atoms with Crippen LogP contribution in [-0.2, 0) is 6.54 Å². The van der Waals surface area contributed by atoms with E-state index in [-0.39, 0.29) is 13.2 Å². The quantitative estimate of drug-likeness (QED) is 0.406. The van der Waals surface area contributed by atoms with Crippen LogP contribution in [0, 0.1) is 0 Å². The van der Waals surface area contributed by atoms with Crippen molar-refractivity contribution in [1.82, 2.24) is 10.6 Å². The van der Waals surface area contributed by atoms with E-state index in [1.165, 1.54) is 0 Å². The highest BCUT2D eigenvalue weighted by atomic mass is 35.5. The molecule has 0 amide bonds. The summed E-state index contributed by atoms with van der Waals surface area (Å²) in [6.07, 6.45) is 1.03. The number of anilines is 1. The predicted molar refractivity (Wildman–Crippen MR) is 126 cm³/mol. The summed E-state index contributed by atoms with van der Waals surface area (Å²) in [6.45, 7) is 5.42. The zero-order valence-electron chi connectivity index (χ0n) is 18.1. The molecule has 2 aromatic rings. The van der Waals surface area contributed by atoms with Crippen molar-refractivity contribution in [1.29, 1.82) is 0 Å². The third-order valence-corrected chi connectivity index (χ3v) is 5.28. The number of guanidine groups is 1. The average Bonchev–Trinajstić information content (AvgIpc) is 3.25. The standard InChI is InChI=1S/C23H31ClN4O3/c1-3-25-23(26-15-17-7-8-21(31-12-11-29)22(13-17)30-2)27-19-9-10-28(16-19)20-6-4-5-18(24)14-20/h4-8,13-14,19,29H,3,9-12,15-16H2,1-2H3,(H2,25,26,27). The molecule has 1 atom stereocenters. The monoisotopic (exact) mass is 446 g/mol. The van der Waals surface area contributed by atoms with Crippen molar-refractivity contribution < 1.29 is 14.6 Å². The van der Waals surface area contributed by atoms with Gasteiger partial charge in [-0.1, -0.05) is 23.7 Å². The topological polar surface area (TPSA) is 78.4 Å². The van der Waals surface area contributed by atoms with Crippen molar-refractivity contribution in [3.63, 3.8) is 0 Å². The van der Waals surface area contributed by atoms with Crippen LogP contribution in [0.15, 0.2) is 47.5 Å². The molecular weight excluding hydrogens is 416 g/mol. The smallest absolute Gasteiger partial charge is 0.191 e. The summed E-state index contributed by atoms with van der Waals surface area (Å²) in [4.78, 5) is 7.08. The number of aliphatic hydroxyl groups is 1. The second-order valence-corrected chi connectivity index (χ2v) is 7.74. The van der Waals surface area contributed by atoms with E-state index < -0.39 is 0 Å². The summed E-state index contributed by atoms with van der Waals surface area (Å²) >= 11 is 6.14. The average molecular weight is 447 g/mol. The SMILES string of the molecule is CCNC(=NCc1ccc(OCCO)c(OC)c1)NC1CCN(c2cccc(Cl)c2)C1. The van der Waals surface area contributed by atoms with E-state index in [4.69, 9.17) is 31.2 Å². The predicted octanol–water partition coefficient (Wildman–Crippen LogP) is 3.05. The van der Waals surface area contributed by atoms with Crippen LogP contribution < -0.4 is 25.0 Å². The Morgan fingerprint density at radius 3 is 2.87 bits per heavy atom. The van der Waals surface area contributed by atoms with Gasteiger partial charge in [-0.3, -0.25) is 0 Å². The van der Waals surface area contributed by atoms with Crippen LogP contribution >= 0.6 is 11.6 Å². The van der Waals surface area contributed by atoms with Crippen LogP contribution in [0.4, 0.5) is 5.69 Å². The van der Waals surface area contributed by atoms with Gasteiger partial charge in [-0.05, 0) is 49.2 Å². The number of halogens is 1. The molecule has 3 N–H and O–H groups in total. The van der Waals surface area contributed by atoms with Gasteiger partial charge in [-0.2, -0.15) is 0 Å². The minimum atomic E-state index is -0.0389. The lowest BCUT2D eigenvalue weighted by Gasteiger charge is -2.20. The molecule has 0 saturated carbocycles. The summed E-state index contributed by atoms with van der Waals surface area (Å²) in [5, 5.41) is 16.6. The Morgan fingerprint density at radius 2 is 2.13 bits per heavy atom. The maximum absolute atomic E-state index is 8.95. The lowest BCUT2D eigenvalue weighted by Crippen LogP contribution is -2.44. The van der Waals surface area contributed by atoms with Crippen LogP contribution in [0.2, 0.25) is 5.02 Å². The first-order valence-corrected chi connectivity index (χ1v) is 11.0. The molecule has 168 valence electrons. The fourth-order valence-electron chi connectivity index (χ4n) is 3.55. The van der Waals surface area contributed by atoms with E-state index in [1.54, 1.807) is 7.11 Å². The van der Waals surface area contributed by atoms with Gasteiger partial charge in [0.25, 0.3) is 0 Å². The number of aliphatic hydroxyl groups excluding tert-OH is 1. The molecule has 0 spiro atoms. The molecule has 1 aliphatic rings. The molecule has 1 saturated heterocycles. The zero-order valence-corrected chi connectivity index (χ0v) is 18.9. The molecular formula is C23H31ClN4O3. The Morgan fingerprint density at radius 1 is 1.26 bits per heavy atom. The molecule has 0 aliphatic carbocycles. The van der Waals surface area contributed by atoms with E-state index in [1.807, 2.05) is 36.4 Å². The summed E-state index contributed by atoms with van der Waals surface area (Å²) in [5.41, 5.74) is 2.16. The van der Waals surface area contributed by atoms with Gasteiger partial charge < -0.3 is 30.1 Å². The van der Waals surface area contributed by atoms with Crippen LogP contribution in [0.1, 0.15) is 18.9 Å². The maximum atomic E-state index is 8.95. The highest BCUT2D eigenvalue weighted by molar-refractivity contribution is 6.30. The number of nitrogens with zero attached hydrogens (tertiary/aromatic N) is 2. The number of rotatable bonds is 9. The lowest BCUT2D eigenvalue weighted by molar-refractivity contribution is 0.196. The molecule has 0 bridgehead atoms. The molecule has 31 heavy (non-hydrogen) atoms. The second kappa shape index (κ2) is 11.7. The number of ether oxygens (including phenoxy) is 2. The fourth-order valence-corrected chi connectivity index (χ4v) is 3.74.